The molecule has 0 aromatic rings. The number of morpholine rings is 1. The van der Waals surface area contributed by atoms with Gasteiger partial charge < -0.3 is 4.74 Å². The van der Waals surface area contributed by atoms with Gasteiger partial charge in [-0.25, -0.2) is 0 Å². The lowest BCUT2D eigenvalue weighted by molar-refractivity contribution is -0.0462. The molecule has 0 radical (unpaired) electrons. The van der Waals surface area contributed by atoms with Crippen molar-refractivity contribution in [3.63, 3.8) is 0 Å². The van der Waals surface area contributed by atoms with E-state index in [0.717, 1.165) is 18.5 Å². The van der Waals surface area contributed by atoms with E-state index in [2.05, 4.69) is 34.7 Å². The number of rotatable bonds is 6. The van der Waals surface area contributed by atoms with Crippen LogP contribution in [0.25, 0.3) is 0 Å². The molecule has 0 aromatic heterocycles. The summed E-state index contributed by atoms with van der Waals surface area (Å²) in [6, 6.07) is 0.590. The highest BCUT2D eigenvalue weighted by molar-refractivity contribution is 9.09. The number of nitrogens with zero attached hydrogens (tertiary/aromatic N) is 1. The Morgan fingerprint density at radius 1 is 1.53 bits per heavy atom. The SMILES string of the molecule is CCSCCCN1CC(CBr)OCC1C. The summed E-state index contributed by atoms with van der Waals surface area (Å²) in [5, 5.41) is 0.958. The van der Waals surface area contributed by atoms with Gasteiger partial charge in [0.1, 0.15) is 0 Å². The minimum absolute atomic E-state index is 0.389. The summed E-state index contributed by atoms with van der Waals surface area (Å²) in [5.41, 5.74) is 0. The van der Waals surface area contributed by atoms with Gasteiger partial charge in [0, 0.05) is 17.9 Å². The highest BCUT2D eigenvalue weighted by Gasteiger charge is 2.24. The van der Waals surface area contributed by atoms with Crippen LogP contribution in [0, 0.1) is 0 Å². The number of hydrogen-bond acceptors (Lipinski definition) is 3. The van der Waals surface area contributed by atoms with Gasteiger partial charge in [0.05, 0.1) is 12.7 Å². The number of thioether (sulfide) groups is 1. The van der Waals surface area contributed by atoms with Crippen molar-refractivity contribution in [3.8, 4) is 0 Å². The topological polar surface area (TPSA) is 12.5 Å². The summed E-state index contributed by atoms with van der Waals surface area (Å²) < 4.78 is 5.70. The molecular weight excluding hydrogens is 274 g/mol. The van der Waals surface area contributed by atoms with Crippen LogP contribution < -0.4 is 0 Å². The summed E-state index contributed by atoms with van der Waals surface area (Å²) in [7, 11) is 0. The molecule has 0 aliphatic carbocycles. The molecule has 0 N–H and O–H groups in total. The lowest BCUT2D eigenvalue weighted by Crippen LogP contribution is -2.49. The highest BCUT2D eigenvalue weighted by atomic mass is 79.9. The third kappa shape index (κ3) is 5.07. The first-order valence-electron chi connectivity index (χ1n) is 5.77. The van der Waals surface area contributed by atoms with Crippen LogP contribution in [-0.4, -0.2) is 53.6 Å². The van der Waals surface area contributed by atoms with Crippen LogP contribution >= 0.6 is 27.7 Å². The third-order valence-electron chi connectivity index (χ3n) is 2.74. The van der Waals surface area contributed by atoms with E-state index in [1.165, 1.54) is 24.5 Å². The van der Waals surface area contributed by atoms with E-state index >= 15 is 0 Å². The van der Waals surface area contributed by atoms with Crippen molar-refractivity contribution >= 4 is 27.7 Å². The van der Waals surface area contributed by atoms with Gasteiger partial charge >= 0.3 is 0 Å². The van der Waals surface area contributed by atoms with Crippen LogP contribution in [0.15, 0.2) is 0 Å². The predicted molar refractivity (Wildman–Crippen MR) is 72.2 cm³/mol. The normalized spacial score (nSPS) is 28.2. The molecule has 4 heteroatoms. The Bertz CT molecular complexity index is 171. The van der Waals surface area contributed by atoms with Gasteiger partial charge in [-0.2, -0.15) is 11.8 Å². The van der Waals surface area contributed by atoms with Crippen molar-refractivity contribution in [2.24, 2.45) is 0 Å². The number of alkyl halides is 1. The largest absolute Gasteiger partial charge is 0.374 e. The van der Waals surface area contributed by atoms with Gasteiger partial charge in [0.15, 0.2) is 0 Å². The van der Waals surface area contributed by atoms with Crippen LogP contribution in [0.2, 0.25) is 0 Å². The minimum Gasteiger partial charge on any atom is -0.374 e. The second kappa shape index (κ2) is 7.93. The molecule has 0 aromatic carbocycles. The van der Waals surface area contributed by atoms with Crippen molar-refractivity contribution in [2.45, 2.75) is 32.4 Å². The van der Waals surface area contributed by atoms with Crippen molar-refractivity contribution in [2.75, 3.05) is 36.5 Å². The average Bonchev–Trinajstić information content (AvgIpc) is 2.26. The van der Waals surface area contributed by atoms with E-state index in [-0.39, 0.29) is 0 Å². The standard InChI is InChI=1S/C11H22BrNOS/c1-3-15-6-4-5-13-8-11(7-12)14-9-10(13)2/h10-11H,3-9H2,1-2H3. The summed E-state index contributed by atoms with van der Waals surface area (Å²) in [5.74, 6) is 2.53. The molecule has 0 saturated carbocycles. The Morgan fingerprint density at radius 3 is 3.00 bits per heavy atom. The molecule has 0 amide bonds. The Kier molecular flexibility index (Phi) is 7.30. The maximum atomic E-state index is 5.70. The summed E-state index contributed by atoms with van der Waals surface area (Å²) in [6.45, 7) is 7.68. The fraction of sp³-hybridized carbons (Fsp3) is 1.00. The fourth-order valence-electron chi connectivity index (χ4n) is 1.79. The van der Waals surface area contributed by atoms with Crippen LogP contribution in [0.1, 0.15) is 20.3 Å². The zero-order valence-corrected chi connectivity index (χ0v) is 12.1. The number of ether oxygens (including phenoxy) is 1. The van der Waals surface area contributed by atoms with E-state index in [9.17, 15) is 0 Å². The smallest absolute Gasteiger partial charge is 0.0799 e. The van der Waals surface area contributed by atoms with Crippen LogP contribution in [-0.2, 0) is 4.74 Å². The van der Waals surface area contributed by atoms with Crippen molar-refractivity contribution in [3.05, 3.63) is 0 Å². The maximum Gasteiger partial charge on any atom is 0.0799 e. The molecule has 90 valence electrons. The molecule has 2 atom stereocenters. The van der Waals surface area contributed by atoms with Crippen molar-refractivity contribution in [1.82, 2.24) is 4.90 Å². The van der Waals surface area contributed by atoms with E-state index < -0.39 is 0 Å². The molecule has 15 heavy (non-hydrogen) atoms. The lowest BCUT2D eigenvalue weighted by atomic mass is 10.2. The predicted octanol–water partition coefficient (Wildman–Crippen LogP) is 2.61. The summed E-state index contributed by atoms with van der Waals surface area (Å²) >= 11 is 5.53. The first-order chi connectivity index (χ1) is 7.27. The molecule has 0 spiro atoms. The van der Waals surface area contributed by atoms with Gasteiger partial charge in [-0.15, -0.1) is 0 Å². The third-order valence-corrected chi connectivity index (χ3v) is 4.45. The van der Waals surface area contributed by atoms with E-state index in [0.29, 0.717) is 12.1 Å². The molecule has 1 rings (SSSR count). The molecule has 1 fully saturated rings. The van der Waals surface area contributed by atoms with Crippen molar-refractivity contribution in [1.29, 1.82) is 0 Å². The van der Waals surface area contributed by atoms with E-state index in [1.54, 1.807) is 0 Å². The molecule has 1 saturated heterocycles. The minimum atomic E-state index is 0.389. The van der Waals surface area contributed by atoms with E-state index in [1.807, 2.05) is 11.8 Å². The Hall–Kier alpha value is 0.750. The van der Waals surface area contributed by atoms with Gasteiger partial charge in [-0.1, -0.05) is 22.9 Å². The Morgan fingerprint density at radius 2 is 2.33 bits per heavy atom. The molecule has 1 aliphatic heterocycles. The Labute approximate surface area is 106 Å². The van der Waals surface area contributed by atoms with Crippen LogP contribution in [0.3, 0.4) is 0 Å². The van der Waals surface area contributed by atoms with Crippen LogP contribution in [0.5, 0.6) is 0 Å². The maximum absolute atomic E-state index is 5.70. The van der Waals surface area contributed by atoms with Gasteiger partial charge in [-0.3, -0.25) is 4.90 Å². The first-order valence-corrected chi connectivity index (χ1v) is 8.05. The zero-order valence-electron chi connectivity index (χ0n) is 9.75. The van der Waals surface area contributed by atoms with E-state index in [4.69, 9.17) is 4.74 Å². The van der Waals surface area contributed by atoms with Crippen molar-refractivity contribution < 1.29 is 4.74 Å². The number of halogens is 1. The number of hydrogen-bond donors (Lipinski definition) is 0. The quantitative estimate of drug-likeness (QED) is 0.552. The molecule has 2 nitrogen and oxygen atoms in total. The van der Waals surface area contributed by atoms with Crippen LogP contribution in [0.4, 0.5) is 0 Å². The fourth-order valence-corrected chi connectivity index (χ4v) is 2.81. The first kappa shape index (κ1) is 13.8. The monoisotopic (exact) mass is 295 g/mol. The molecule has 2 unspecified atom stereocenters. The molecule has 1 aliphatic rings. The summed E-state index contributed by atoms with van der Waals surface area (Å²) in [6.07, 6.45) is 1.69. The molecule has 1 heterocycles. The highest BCUT2D eigenvalue weighted by Crippen LogP contribution is 2.14. The second-order valence-electron chi connectivity index (χ2n) is 4.00. The average molecular weight is 296 g/mol. The Balaban J connectivity index is 2.19. The second-order valence-corrected chi connectivity index (χ2v) is 6.05. The molecular formula is C11H22BrNOS. The lowest BCUT2D eigenvalue weighted by Gasteiger charge is -2.37. The van der Waals surface area contributed by atoms with Gasteiger partial charge in [-0.05, 0) is 31.4 Å². The van der Waals surface area contributed by atoms with Gasteiger partial charge in [0.2, 0.25) is 0 Å². The summed E-state index contributed by atoms with van der Waals surface area (Å²) in [4.78, 5) is 2.56. The molecule has 0 bridgehead atoms. The van der Waals surface area contributed by atoms with Gasteiger partial charge in [0.25, 0.3) is 0 Å². The zero-order chi connectivity index (χ0) is 11.1.